The van der Waals surface area contributed by atoms with Crippen molar-refractivity contribution < 1.29 is 9.53 Å². The molecule has 5 heteroatoms. The number of fused-ring (bicyclic) bond motifs is 1. The lowest BCUT2D eigenvalue weighted by atomic mass is 10.1. The van der Waals surface area contributed by atoms with Crippen molar-refractivity contribution in [1.29, 1.82) is 0 Å². The van der Waals surface area contributed by atoms with Crippen LogP contribution in [0.1, 0.15) is 10.4 Å². The van der Waals surface area contributed by atoms with Gasteiger partial charge in [0.1, 0.15) is 11.4 Å². The van der Waals surface area contributed by atoms with Crippen molar-refractivity contribution >= 4 is 11.9 Å². The third kappa shape index (κ3) is 1.76. The number of ether oxygens (including phenoxy) is 1. The fourth-order valence-electron chi connectivity index (χ4n) is 2.05. The third-order valence-electron chi connectivity index (χ3n) is 2.91. The largest absolute Gasteiger partial charge is 0.496 e. The molecule has 0 N–H and O–H groups in total. The lowest BCUT2D eigenvalue weighted by molar-refractivity contribution is 0.112. The first-order chi connectivity index (χ1) is 9.35. The fourth-order valence-corrected chi connectivity index (χ4v) is 2.05. The number of benzene rings is 1. The zero-order chi connectivity index (χ0) is 13.2. The maximum absolute atomic E-state index is 11.3. The molecule has 0 bridgehead atoms. The average Bonchev–Trinajstić information content (AvgIpc) is 2.85. The molecule has 3 rings (SSSR count). The number of aromatic nitrogens is 3. The predicted molar refractivity (Wildman–Crippen MR) is 70.4 cm³/mol. The van der Waals surface area contributed by atoms with Crippen molar-refractivity contribution in [3.05, 3.63) is 48.3 Å². The van der Waals surface area contributed by atoms with Crippen molar-refractivity contribution in [2.75, 3.05) is 7.11 Å². The number of nitrogens with zero attached hydrogens (tertiary/aromatic N) is 3. The molecular weight excluding hydrogens is 242 g/mol. The lowest BCUT2D eigenvalue weighted by Gasteiger charge is -2.05. The SMILES string of the molecule is COc1ccccc1-c1nn2cccnc2c1C=O. The van der Waals surface area contributed by atoms with Gasteiger partial charge in [0.25, 0.3) is 0 Å². The second kappa shape index (κ2) is 4.53. The van der Waals surface area contributed by atoms with Gasteiger partial charge in [0.05, 0.1) is 12.7 Å². The number of carbonyl (C=O) groups is 1. The molecule has 0 spiro atoms. The molecule has 0 saturated heterocycles. The molecule has 0 saturated carbocycles. The normalized spacial score (nSPS) is 10.6. The summed E-state index contributed by atoms with van der Waals surface area (Å²) in [4.78, 5) is 15.5. The molecular formula is C14H11N3O2. The van der Waals surface area contributed by atoms with E-state index in [9.17, 15) is 4.79 Å². The highest BCUT2D eigenvalue weighted by atomic mass is 16.5. The number of methoxy groups -OCH3 is 1. The van der Waals surface area contributed by atoms with Crippen LogP contribution < -0.4 is 4.74 Å². The first kappa shape index (κ1) is 11.4. The molecule has 94 valence electrons. The van der Waals surface area contributed by atoms with E-state index in [1.165, 1.54) is 0 Å². The third-order valence-corrected chi connectivity index (χ3v) is 2.91. The van der Waals surface area contributed by atoms with E-state index in [0.29, 0.717) is 22.7 Å². The van der Waals surface area contributed by atoms with E-state index in [2.05, 4.69) is 10.1 Å². The Kier molecular flexibility index (Phi) is 2.72. The van der Waals surface area contributed by atoms with Gasteiger partial charge in [-0.25, -0.2) is 9.50 Å². The minimum Gasteiger partial charge on any atom is -0.496 e. The summed E-state index contributed by atoms with van der Waals surface area (Å²) in [5.74, 6) is 0.675. The zero-order valence-corrected chi connectivity index (χ0v) is 10.3. The Labute approximate surface area is 109 Å². The van der Waals surface area contributed by atoms with Gasteiger partial charge in [-0.2, -0.15) is 5.10 Å². The van der Waals surface area contributed by atoms with Crippen LogP contribution in [-0.2, 0) is 0 Å². The number of hydrogen-bond acceptors (Lipinski definition) is 4. The molecule has 0 aliphatic heterocycles. The minimum atomic E-state index is 0.463. The molecule has 0 aliphatic rings. The van der Waals surface area contributed by atoms with E-state index in [1.54, 1.807) is 30.1 Å². The van der Waals surface area contributed by atoms with Crippen molar-refractivity contribution in [3.63, 3.8) is 0 Å². The van der Waals surface area contributed by atoms with Crippen LogP contribution >= 0.6 is 0 Å². The first-order valence-electron chi connectivity index (χ1n) is 5.77. The molecule has 0 radical (unpaired) electrons. The smallest absolute Gasteiger partial charge is 0.166 e. The van der Waals surface area contributed by atoms with E-state index < -0.39 is 0 Å². The van der Waals surface area contributed by atoms with E-state index in [0.717, 1.165) is 11.8 Å². The van der Waals surface area contributed by atoms with Crippen molar-refractivity contribution in [1.82, 2.24) is 14.6 Å². The van der Waals surface area contributed by atoms with E-state index in [1.807, 2.05) is 24.3 Å². The Hall–Kier alpha value is -2.69. The number of hydrogen-bond donors (Lipinski definition) is 0. The van der Waals surface area contributed by atoms with E-state index in [4.69, 9.17) is 4.74 Å². The van der Waals surface area contributed by atoms with Gasteiger partial charge in [0.2, 0.25) is 0 Å². The standard InChI is InChI=1S/C14H11N3O2/c1-19-12-6-3-2-5-10(12)13-11(9-18)14-15-7-4-8-17(14)16-13/h2-9H,1H3. The van der Waals surface area contributed by atoms with Crippen LogP contribution in [0.15, 0.2) is 42.7 Å². The Bertz CT molecular complexity index is 749. The second-order valence-corrected chi connectivity index (χ2v) is 3.97. The molecule has 0 fully saturated rings. The summed E-state index contributed by atoms with van der Waals surface area (Å²) in [6.45, 7) is 0. The van der Waals surface area contributed by atoms with Crippen molar-refractivity contribution in [2.45, 2.75) is 0 Å². The molecule has 0 amide bonds. The van der Waals surface area contributed by atoms with Gasteiger partial charge >= 0.3 is 0 Å². The topological polar surface area (TPSA) is 56.5 Å². The second-order valence-electron chi connectivity index (χ2n) is 3.97. The summed E-state index contributed by atoms with van der Waals surface area (Å²) < 4.78 is 6.90. The van der Waals surface area contributed by atoms with Crippen LogP contribution in [0.4, 0.5) is 0 Å². The van der Waals surface area contributed by atoms with Gasteiger partial charge < -0.3 is 4.74 Å². The number of rotatable bonds is 3. The highest BCUT2D eigenvalue weighted by Gasteiger charge is 2.17. The van der Waals surface area contributed by atoms with Crippen molar-refractivity contribution in [2.24, 2.45) is 0 Å². The monoisotopic (exact) mass is 253 g/mol. The Morgan fingerprint density at radius 1 is 1.26 bits per heavy atom. The Balaban J connectivity index is 2.33. The van der Waals surface area contributed by atoms with Crippen LogP contribution in [0.2, 0.25) is 0 Å². The highest BCUT2D eigenvalue weighted by molar-refractivity contribution is 5.94. The minimum absolute atomic E-state index is 0.463. The number of carbonyl (C=O) groups excluding carboxylic acids is 1. The predicted octanol–water partition coefficient (Wildman–Crippen LogP) is 2.22. The molecule has 0 aliphatic carbocycles. The highest BCUT2D eigenvalue weighted by Crippen LogP contribution is 2.31. The average molecular weight is 253 g/mol. The maximum atomic E-state index is 11.3. The molecule has 5 nitrogen and oxygen atoms in total. The molecule has 0 unspecified atom stereocenters. The van der Waals surface area contributed by atoms with Crippen LogP contribution in [0.3, 0.4) is 0 Å². The molecule has 0 atom stereocenters. The summed E-state index contributed by atoms with van der Waals surface area (Å²) in [7, 11) is 1.59. The van der Waals surface area contributed by atoms with Gasteiger partial charge in [-0.1, -0.05) is 12.1 Å². The zero-order valence-electron chi connectivity index (χ0n) is 10.3. The molecule has 3 aromatic rings. The number of aldehydes is 1. The molecule has 1 aromatic carbocycles. The molecule has 19 heavy (non-hydrogen) atoms. The Morgan fingerprint density at radius 3 is 2.89 bits per heavy atom. The summed E-state index contributed by atoms with van der Waals surface area (Å²) in [6, 6.07) is 9.22. The quantitative estimate of drug-likeness (QED) is 0.671. The van der Waals surface area contributed by atoms with Gasteiger partial charge in [-0.3, -0.25) is 4.79 Å². The summed E-state index contributed by atoms with van der Waals surface area (Å²) in [5, 5.41) is 4.41. The summed E-state index contributed by atoms with van der Waals surface area (Å²) >= 11 is 0. The van der Waals surface area contributed by atoms with Crippen LogP contribution in [0.5, 0.6) is 5.75 Å². The van der Waals surface area contributed by atoms with Gasteiger partial charge in [0, 0.05) is 18.0 Å². The maximum Gasteiger partial charge on any atom is 0.166 e. The van der Waals surface area contributed by atoms with E-state index >= 15 is 0 Å². The summed E-state index contributed by atoms with van der Waals surface area (Å²) in [6.07, 6.45) is 4.17. The van der Waals surface area contributed by atoms with Gasteiger partial charge in [-0.05, 0) is 18.2 Å². The van der Waals surface area contributed by atoms with Crippen molar-refractivity contribution in [3.8, 4) is 17.0 Å². The van der Waals surface area contributed by atoms with E-state index in [-0.39, 0.29) is 0 Å². The van der Waals surface area contributed by atoms with Gasteiger partial charge in [-0.15, -0.1) is 0 Å². The van der Waals surface area contributed by atoms with Gasteiger partial charge in [0.15, 0.2) is 11.9 Å². The molecule has 2 heterocycles. The Morgan fingerprint density at radius 2 is 2.11 bits per heavy atom. The molecule has 2 aromatic heterocycles. The lowest BCUT2D eigenvalue weighted by Crippen LogP contribution is -1.90. The first-order valence-corrected chi connectivity index (χ1v) is 5.77. The number of para-hydroxylation sites is 1. The van der Waals surface area contributed by atoms with Crippen LogP contribution in [0.25, 0.3) is 16.9 Å². The van der Waals surface area contributed by atoms with Crippen LogP contribution in [0, 0.1) is 0 Å². The summed E-state index contributed by atoms with van der Waals surface area (Å²) in [5.41, 5.74) is 2.35. The van der Waals surface area contributed by atoms with Crippen LogP contribution in [-0.4, -0.2) is 28.0 Å². The fraction of sp³-hybridized carbons (Fsp3) is 0.0714.